The summed E-state index contributed by atoms with van der Waals surface area (Å²) in [6.45, 7) is 5.33. The first-order valence-electron chi connectivity index (χ1n) is 5.72. The molecular formula is C12H21NO6. The van der Waals surface area contributed by atoms with E-state index in [1.807, 2.05) is 0 Å². The van der Waals surface area contributed by atoms with Crippen LogP contribution in [0.5, 0.6) is 0 Å². The number of hydrogen-bond donors (Lipinski definition) is 2. The Morgan fingerprint density at radius 2 is 2.00 bits per heavy atom. The minimum atomic E-state index is -1.11. The van der Waals surface area contributed by atoms with Crippen molar-refractivity contribution in [2.75, 3.05) is 20.5 Å². The van der Waals surface area contributed by atoms with E-state index < -0.39 is 23.7 Å². The number of alkyl carbamates (subject to hydrolysis) is 1. The molecule has 1 amide bonds. The average Bonchev–Trinajstić information content (AvgIpc) is 2.23. The molecule has 0 bridgehead atoms. The Hall–Kier alpha value is -1.60. The number of carboxylic acid groups (broad SMARTS) is 1. The molecule has 0 rings (SSSR count). The molecule has 0 aromatic heterocycles. The lowest BCUT2D eigenvalue weighted by atomic mass is 10.2. The van der Waals surface area contributed by atoms with Gasteiger partial charge in [-0.1, -0.05) is 6.08 Å². The van der Waals surface area contributed by atoms with Crippen LogP contribution in [-0.2, 0) is 19.0 Å². The van der Waals surface area contributed by atoms with Crippen LogP contribution in [0.25, 0.3) is 0 Å². The number of hydrogen-bond acceptors (Lipinski definition) is 5. The standard InChI is InChI=1S/C12H21NO6/c1-12(2,3)19-11(16)13-9(5-6-10(14)15)7-18-8-17-4/h5-6,9H,7-8H2,1-4H3,(H,13,16)(H,14,15)/b6-5+. The highest BCUT2D eigenvalue weighted by molar-refractivity contribution is 5.80. The minimum absolute atomic E-state index is 0.0490. The second-order valence-corrected chi connectivity index (χ2v) is 4.73. The number of aliphatic carboxylic acids is 1. The number of amides is 1. The fourth-order valence-electron chi connectivity index (χ4n) is 1.06. The zero-order chi connectivity index (χ0) is 14.9. The number of ether oxygens (including phenoxy) is 3. The molecule has 7 heteroatoms. The topological polar surface area (TPSA) is 94.1 Å². The second-order valence-electron chi connectivity index (χ2n) is 4.73. The fraction of sp³-hybridized carbons (Fsp3) is 0.667. The van der Waals surface area contributed by atoms with Gasteiger partial charge in [0.25, 0.3) is 0 Å². The largest absolute Gasteiger partial charge is 0.478 e. The van der Waals surface area contributed by atoms with Gasteiger partial charge in [-0.15, -0.1) is 0 Å². The molecule has 0 aliphatic rings. The summed E-state index contributed by atoms with van der Waals surface area (Å²) in [5, 5.41) is 11.1. The van der Waals surface area contributed by atoms with Gasteiger partial charge < -0.3 is 24.6 Å². The molecule has 0 aliphatic carbocycles. The number of carbonyl (C=O) groups excluding carboxylic acids is 1. The maximum atomic E-state index is 11.5. The maximum absolute atomic E-state index is 11.5. The number of rotatable bonds is 7. The van der Waals surface area contributed by atoms with Crippen molar-refractivity contribution < 1.29 is 28.9 Å². The van der Waals surface area contributed by atoms with E-state index in [9.17, 15) is 9.59 Å². The van der Waals surface area contributed by atoms with Crippen LogP contribution in [0.1, 0.15) is 20.8 Å². The van der Waals surface area contributed by atoms with Crippen molar-refractivity contribution >= 4 is 12.1 Å². The van der Waals surface area contributed by atoms with Crippen molar-refractivity contribution in [1.29, 1.82) is 0 Å². The first kappa shape index (κ1) is 17.4. The Balaban J connectivity index is 4.39. The number of carbonyl (C=O) groups is 2. The van der Waals surface area contributed by atoms with Gasteiger partial charge in [-0.3, -0.25) is 0 Å². The van der Waals surface area contributed by atoms with Crippen molar-refractivity contribution in [3.63, 3.8) is 0 Å². The Morgan fingerprint density at radius 3 is 2.47 bits per heavy atom. The van der Waals surface area contributed by atoms with E-state index in [0.29, 0.717) is 0 Å². The molecule has 0 fully saturated rings. The molecule has 1 unspecified atom stereocenters. The summed E-state index contributed by atoms with van der Waals surface area (Å²) in [5.41, 5.74) is -0.626. The lowest BCUT2D eigenvalue weighted by Crippen LogP contribution is -2.40. The van der Waals surface area contributed by atoms with E-state index in [-0.39, 0.29) is 13.4 Å². The third-order valence-corrected chi connectivity index (χ3v) is 1.67. The lowest BCUT2D eigenvalue weighted by molar-refractivity contribution is -0.131. The summed E-state index contributed by atoms with van der Waals surface area (Å²) in [4.78, 5) is 22.0. The normalized spacial score (nSPS) is 13.3. The van der Waals surface area contributed by atoms with Gasteiger partial charge in [0.05, 0.1) is 12.6 Å². The predicted molar refractivity (Wildman–Crippen MR) is 67.8 cm³/mol. The highest BCUT2D eigenvalue weighted by Crippen LogP contribution is 2.07. The molecule has 1 atom stereocenters. The molecule has 0 saturated heterocycles. The van der Waals surface area contributed by atoms with Gasteiger partial charge in [0.2, 0.25) is 0 Å². The Labute approximate surface area is 112 Å². The van der Waals surface area contributed by atoms with Gasteiger partial charge >= 0.3 is 12.1 Å². The van der Waals surface area contributed by atoms with E-state index in [1.165, 1.54) is 13.2 Å². The zero-order valence-electron chi connectivity index (χ0n) is 11.6. The lowest BCUT2D eigenvalue weighted by Gasteiger charge is -2.22. The van der Waals surface area contributed by atoms with E-state index in [0.717, 1.165) is 6.08 Å². The molecule has 0 aliphatic heterocycles. The molecule has 0 aromatic rings. The molecule has 0 aromatic carbocycles. The highest BCUT2D eigenvalue weighted by Gasteiger charge is 2.18. The van der Waals surface area contributed by atoms with E-state index >= 15 is 0 Å². The van der Waals surface area contributed by atoms with Crippen molar-refractivity contribution in [2.24, 2.45) is 0 Å². The Bertz CT molecular complexity index is 321. The Morgan fingerprint density at radius 1 is 1.37 bits per heavy atom. The first-order chi connectivity index (χ1) is 8.74. The molecule has 0 saturated carbocycles. The van der Waals surface area contributed by atoms with E-state index in [4.69, 9.17) is 19.3 Å². The molecule has 0 spiro atoms. The third kappa shape index (κ3) is 11.2. The number of methoxy groups -OCH3 is 1. The fourth-order valence-corrected chi connectivity index (χ4v) is 1.06. The molecule has 0 heterocycles. The molecule has 0 radical (unpaired) electrons. The molecule has 19 heavy (non-hydrogen) atoms. The maximum Gasteiger partial charge on any atom is 0.408 e. The van der Waals surface area contributed by atoms with Gasteiger partial charge in [-0.25, -0.2) is 9.59 Å². The summed E-state index contributed by atoms with van der Waals surface area (Å²) in [6.07, 6.45) is 1.59. The van der Waals surface area contributed by atoms with Gasteiger partial charge in [0.15, 0.2) is 0 Å². The highest BCUT2D eigenvalue weighted by atomic mass is 16.7. The molecule has 7 nitrogen and oxygen atoms in total. The monoisotopic (exact) mass is 275 g/mol. The van der Waals surface area contributed by atoms with Crippen LogP contribution in [0, 0.1) is 0 Å². The minimum Gasteiger partial charge on any atom is -0.478 e. The van der Waals surface area contributed by atoms with Crippen molar-refractivity contribution in [1.82, 2.24) is 5.32 Å². The van der Waals surface area contributed by atoms with Crippen LogP contribution in [0.4, 0.5) is 4.79 Å². The van der Waals surface area contributed by atoms with Crippen molar-refractivity contribution in [3.8, 4) is 0 Å². The quantitative estimate of drug-likeness (QED) is 0.411. The first-order valence-corrected chi connectivity index (χ1v) is 5.72. The van der Waals surface area contributed by atoms with Crippen LogP contribution in [0.2, 0.25) is 0 Å². The summed E-state index contributed by atoms with van der Waals surface area (Å²) in [7, 11) is 1.46. The smallest absolute Gasteiger partial charge is 0.408 e. The van der Waals surface area contributed by atoms with Crippen LogP contribution < -0.4 is 5.32 Å². The molecule has 2 N–H and O–H groups in total. The van der Waals surface area contributed by atoms with E-state index in [1.54, 1.807) is 20.8 Å². The SMILES string of the molecule is COCOCC(/C=C/C(=O)O)NC(=O)OC(C)(C)C. The predicted octanol–water partition coefficient (Wildman–Crippen LogP) is 1.14. The van der Waals surface area contributed by atoms with Crippen LogP contribution in [-0.4, -0.2) is 49.3 Å². The summed E-state index contributed by atoms with van der Waals surface area (Å²) >= 11 is 0. The second kappa shape index (κ2) is 8.49. The number of carboxylic acids is 1. The summed E-state index contributed by atoms with van der Waals surface area (Å²) < 4.78 is 14.8. The summed E-state index contributed by atoms with van der Waals surface area (Å²) in [6, 6.07) is -0.610. The zero-order valence-corrected chi connectivity index (χ0v) is 11.6. The van der Waals surface area contributed by atoms with Crippen LogP contribution >= 0.6 is 0 Å². The average molecular weight is 275 g/mol. The van der Waals surface area contributed by atoms with Crippen LogP contribution in [0.15, 0.2) is 12.2 Å². The van der Waals surface area contributed by atoms with Gasteiger partial charge in [-0.05, 0) is 20.8 Å². The Kier molecular flexibility index (Phi) is 7.78. The third-order valence-electron chi connectivity index (χ3n) is 1.67. The summed E-state index contributed by atoms with van der Waals surface area (Å²) in [5.74, 6) is -1.11. The molecule has 110 valence electrons. The van der Waals surface area contributed by atoms with Crippen LogP contribution in [0.3, 0.4) is 0 Å². The van der Waals surface area contributed by atoms with Gasteiger partial charge in [0, 0.05) is 13.2 Å². The van der Waals surface area contributed by atoms with E-state index in [2.05, 4.69) is 5.32 Å². The van der Waals surface area contributed by atoms with Gasteiger partial charge in [-0.2, -0.15) is 0 Å². The van der Waals surface area contributed by atoms with Crippen molar-refractivity contribution in [3.05, 3.63) is 12.2 Å². The molecular weight excluding hydrogens is 254 g/mol. The van der Waals surface area contributed by atoms with Crippen molar-refractivity contribution in [2.45, 2.75) is 32.4 Å². The van der Waals surface area contributed by atoms with Gasteiger partial charge in [0.1, 0.15) is 12.4 Å². The number of nitrogens with one attached hydrogen (secondary N) is 1.